The fourth-order valence-corrected chi connectivity index (χ4v) is 2.94. The fourth-order valence-electron chi connectivity index (χ4n) is 2.94. The number of hydrogen-bond acceptors (Lipinski definition) is 2. The number of nitrogens with one attached hydrogen (secondary N) is 1. The molecule has 0 saturated heterocycles. The molecule has 0 radical (unpaired) electrons. The van der Waals surface area contributed by atoms with Crippen molar-refractivity contribution in [1.29, 1.82) is 0 Å². The summed E-state index contributed by atoms with van der Waals surface area (Å²) >= 11 is 0. The van der Waals surface area contributed by atoms with E-state index in [-0.39, 0.29) is 11.9 Å². The summed E-state index contributed by atoms with van der Waals surface area (Å²) in [5.41, 5.74) is 6.03. The lowest BCUT2D eigenvalue weighted by Gasteiger charge is -2.22. The van der Waals surface area contributed by atoms with Crippen molar-refractivity contribution in [1.82, 2.24) is 5.32 Å². The topological polar surface area (TPSA) is 38.3 Å². The highest BCUT2D eigenvalue weighted by atomic mass is 16.5. The van der Waals surface area contributed by atoms with Crippen molar-refractivity contribution in [3.8, 4) is 5.75 Å². The van der Waals surface area contributed by atoms with E-state index in [1.165, 1.54) is 22.3 Å². The molecule has 0 fully saturated rings. The van der Waals surface area contributed by atoms with Crippen molar-refractivity contribution in [2.75, 3.05) is 0 Å². The lowest BCUT2D eigenvalue weighted by Crippen LogP contribution is -2.39. The molecule has 0 aliphatic carbocycles. The monoisotopic (exact) mass is 339 g/mol. The SMILES string of the molecule is CC[C@H](Oc1ccc(C)cc1)C(=O)N[C@H](C)c1cc(C)c(C)cc1C. The van der Waals surface area contributed by atoms with Gasteiger partial charge in [-0.1, -0.05) is 36.8 Å². The van der Waals surface area contributed by atoms with E-state index in [0.717, 1.165) is 11.3 Å². The molecular formula is C22H29NO2. The van der Waals surface area contributed by atoms with Crippen molar-refractivity contribution in [2.24, 2.45) is 0 Å². The largest absolute Gasteiger partial charge is 0.481 e. The Kier molecular flexibility index (Phi) is 6.24. The molecule has 2 atom stereocenters. The van der Waals surface area contributed by atoms with E-state index in [2.05, 4.69) is 38.2 Å². The van der Waals surface area contributed by atoms with Crippen molar-refractivity contribution in [3.63, 3.8) is 0 Å². The second kappa shape index (κ2) is 8.19. The van der Waals surface area contributed by atoms with E-state index < -0.39 is 6.10 Å². The van der Waals surface area contributed by atoms with Crippen LogP contribution >= 0.6 is 0 Å². The quantitative estimate of drug-likeness (QED) is 0.808. The van der Waals surface area contributed by atoms with Gasteiger partial charge >= 0.3 is 0 Å². The lowest BCUT2D eigenvalue weighted by atomic mass is 9.96. The standard InChI is InChI=1S/C22H29NO2/c1-7-21(25-19-10-8-14(2)9-11-19)22(24)23-18(6)20-13-16(4)15(3)12-17(20)5/h8-13,18,21H,7H2,1-6H3,(H,23,24)/t18-,21+/m1/s1. The Balaban J connectivity index is 2.08. The van der Waals surface area contributed by atoms with Crippen LogP contribution in [0.3, 0.4) is 0 Å². The van der Waals surface area contributed by atoms with Crippen LogP contribution in [0.15, 0.2) is 36.4 Å². The average Bonchev–Trinajstić information content (AvgIpc) is 2.57. The summed E-state index contributed by atoms with van der Waals surface area (Å²) in [5.74, 6) is 0.649. The molecule has 2 aromatic rings. The van der Waals surface area contributed by atoms with Crippen LogP contribution in [0, 0.1) is 27.7 Å². The van der Waals surface area contributed by atoms with Gasteiger partial charge in [-0.2, -0.15) is 0 Å². The number of hydrogen-bond donors (Lipinski definition) is 1. The second-order valence-electron chi connectivity index (χ2n) is 6.85. The number of benzene rings is 2. The molecule has 0 heterocycles. The predicted molar refractivity (Wildman–Crippen MR) is 103 cm³/mol. The van der Waals surface area contributed by atoms with Crippen LogP contribution in [-0.2, 0) is 4.79 Å². The van der Waals surface area contributed by atoms with Gasteiger partial charge in [0.25, 0.3) is 5.91 Å². The molecule has 134 valence electrons. The molecule has 3 nitrogen and oxygen atoms in total. The van der Waals surface area contributed by atoms with Gasteiger partial charge in [0.05, 0.1) is 6.04 Å². The third-order valence-electron chi connectivity index (χ3n) is 4.67. The zero-order valence-electron chi connectivity index (χ0n) is 16.1. The normalized spacial score (nSPS) is 13.2. The van der Waals surface area contributed by atoms with Gasteiger partial charge in [-0.05, 0) is 75.4 Å². The summed E-state index contributed by atoms with van der Waals surface area (Å²) < 4.78 is 5.88. The third-order valence-corrected chi connectivity index (χ3v) is 4.67. The Labute approximate surface area is 151 Å². The van der Waals surface area contributed by atoms with Crippen molar-refractivity contribution in [3.05, 3.63) is 64.2 Å². The molecule has 0 unspecified atom stereocenters. The summed E-state index contributed by atoms with van der Waals surface area (Å²) in [7, 11) is 0. The molecule has 2 rings (SSSR count). The van der Waals surface area contributed by atoms with Gasteiger partial charge in [-0.25, -0.2) is 0 Å². The Morgan fingerprint density at radius 1 is 1.00 bits per heavy atom. The van der Waals surface area contributed by atoms with Gasteiger partial charge in [0, 0.05) is 0 Å². The van der Waals surface area contributed by atoms with E-state index in [4.69, 9.17) is 4.74 Å². The summed E-state index contributed by atoms with van der Waals surface area (Å²) in [6.07, 6.45) is 0.134. The second-order valence-corrected chi connectivity index (χ2v) is 6.85. The van der Waals surface area contributed by atoms with Crippen molar-refractivity contribution >= 4 is 5.91 Å². The van der Waals surface area contributed by atoms with Gasteiger partial charge in [-0.3, -0.25) is 4.79 Å². The smallest absolute Gasteiger partial charge is 0.261 e. The van der Waals surface area contributed by atoms with Gasteiger partial charge in [0.2, 0.25) is 0 Å². The van der Waals surface area contributed by atoms with Crippen molar-refractivity contribution < 1.29 is 9.53 Å². The number of rotatable bonds is 6. The maximum Gasteiger partial charge on any atom is 0.261 e. The zero-order valence-corrected chi connectivity index (χ0v) is 16.1. The highest BCUT2D eigenvalue weighted by molar-refractivity contribution is 5.81. The maximum absolute atomic E-state index is 12.7. The summed E-state index contributed by atoms with van der Waals surface area (Å²) in [4.78, 5) is 12.7. The van der Waals surface area contributed by atoms with Gasteiger partial charge < -0.3 is 10.1 Å². The molecule has 0 aromatic heterocycles. The lowest BCUT2D eigenvalue weighted by molar-refractivity contribution is -0.128. The van der Waals surface area contributed by atoms with Crippen molar-refractivity contribution in [2.45, 2.75) is 60.1 Å². The molecule has 2 aromatic carbocycles. The minimum Gasteiger partial charge on any atom is -0.481 e. The van der Waals surface area contributed by atoms with Gasteiger partial charge in [0.1, 0.15) is 5.75 Å². The molecule has 3 heteroatoms. The molecule has 1 N–H and O–H groups in total. The Hall–Kier alpha value is -2.29. The van der Waals surface area contributed by atoms with Crippen LogP contribution in [0.2, 0.25) is 0 Å². The zero-order chi connectivity index (χ0) is 18.6. The van der Waals surface area contributed by atoms with Crippen LogP contribution < -0.4 is 10.1 Å². The summed E-state index contributed by atoms with van der Waals surface area (Å²) in [5, 5.41) is 3.10. The van der Waals surface area contributed by atoms with Crippen LogP contribution in [0.5, 0.6) is 5.75 Å². The Morgan fingerprint density at radius 2 is 1.60 bits per heavy atom. The van der Waals surface area contributed by atoms with Gasteiger partial charge in [-0.15, -0.1) is 0 Å². The minimum absolute atomic E-state index is 0.0533. The molecule has 0 aliphatic rings. The summed E-state index contributed by atoms with van der Waals surface area (Å²) in [6, 6.07) is 12.1. The first-order valence-corrected chi connectivity index (χ1v) is 8.93. The highest BCUT2D eigenvalue weighted by Crippen LogP contribution is 2.22. The van der Waals surface area contributed by atoms with E-state index in [1.54, 1.807) is 0 Å². The molecular weight excluding hydrogens is 310 g/mol. The molecule has 0 spiro atoms. The summed E-state index contributed by atoms with van der Waals surface area (Å²) in [6.45, 7) is 12.3. The average molecular weight is 339 g/mol. The van der Waals surface area contributed by atoms with E-state index in [9.17, 15) is 4.79 Å². The minimum atomic E-state index is -0.489. The fraction of sp³-hybridized carbons (Fsp3) is 0.409. The molecule has 1 amide bonds. The number of carbonyl (C=O) groups is 1. The number of ether oxygens (including phenoxy) is 1. The highest BCUT2D eigenvalue weighted by Gasteiger charge is 2.21. The maximum atomic E-state index is 12.7. The van der Waals surface area contributed by atoms with Crippen LogP contribution in [-0.4, -0.2) is 12.0 Å². The van der Waals surface area contributed by atoms with Crippen LogP contribution in [0.1, 0.15) is 54.1 Å². The molecule has 0 aliphatic heterocycles. The molecule has 25 heavy (non-hydrogen) atoms. The van der Waals surface area contributed by atoms with E-state index in [1.807, 2.05) is 45.0 Å². The first kappa shape index (κ1) is 19.0. The van der Waals surface area contributed by atoms with E-state index >= 15 is 0 Å². The molecule has 0 saturated carbocycles. The van der Waals surface area contributed by atoms with E-state index in [0.29, 0.717) is 6.42 Å². The first-order chi connectivity index (χ1) is 11.8. The number of aryl methyl sites for hydroxylation is 4. The Morgan fingerprint density at radius 3 is 2.20 bits per heavy atom. The third kappa shape index (κ3) is 4.85. The first-order valence-electron chi connectivity index (χ1n) is 8.93. The van der Waals surface area contributed by atoms with Crippen LogP contribution in [0.25, 0.3) is 0 Å². The van der Waals surface area contributed by atoms with Crippen LogP contribution in [0.4, 0.5) is 0 Å². The predicted octanol–water partition coefficient (Wildman–Crippen LogP) is 4.96. The Bertz CT molecular complexity index is 734. The number of carbonyl (C=O) groups excluding carboxylic acids is 1. The number of amides is 1. The van der Waals surface area contributed by atoms with Gasteiger partial charge in [0.15, 0.2) is 6.10 Å². The molecule has 0 bridgehead atoms.